The number of ether oxygens (including phenoxy) is 2. The first kappa shape index (κ1) is 53.8. The number of allylic oxidation sites excluding steroid dienone is 2. The number of esters is 2. The largest absolute Gasteiger partial charge is 0.472 e. The summed E-state index contributed by atoms with van der Waals surface area (Å²) in [5.74, 6) is -0.927. The zero-order valence-electron chi connectivity index (χ0n) is 33.6. The van der Waals surface area contributed by atoms with Gasteiger partial charge in [-0.25, -0.2) is 4.57 Å². The molecule has 2 unspecified atom stereocenters. The number of rotatable bonds is 39. The molecule has 10 nitrogen and oxygen atoms in total. The average Bonchev–Trinajstić information content (AvgIpc) is 3.12. The van der Waals surface area contributed by atoms with E-state index in [-0.39, 0.29) is 49.0 Å². The zero-order valence-corrected chi connectivity index (χ0v) is 36.5. The van der Waals surface area contributed by atoms with Gasteiger partial charge >= 0.3 is 19.8 Å². The van der Waals surface area contributed by atoms with E-state index in [2.05, 4.69) is 30.5 Å². The van der Waals surface area contributed by atoms with E-state index in [9.17, 15) is 24.2 Å². The van der Waals surface area contributed by atoms with Crippen LogP contribution in [0.2, 0.25) is 0 Å². The maximum atomic E-state index is 12.6. The van der Waals surface area contributed by atoms with Crippen molar-refractivity contribution in [3.05, 3.63) is 12.2 Å². The van der Waals surface area contributed by atoms with E-state index in [1.54, 1.807) is 0 Å². The van der Waals surface area contributed by atoms with Crippen molar-refractivity contribution >= 4 is 49.3 Å². The van der Waals surface area contributed by atoms with Gasteiger partial charge in [-0.15, -0.1) is 0 Å². The number of phosphoric acid groups is 1. The molecule has 0 spiro atoms. The van der Waals surface area contributed by atoms with Gasteiger partial charge in [0.05, 0.1) is 19.8 Å². The van der Waals surface area contributed by atoms with Crippen molar-refractivity contribution in [2.75, 3.05) is 26.4 Å². The molecule has 52 heavy (non-hydrogen) atoms. The van der Waals surface area contributed by atoms with Gasteiger partial charge in [-0.2, -0.15) is 0 Å². The number of hydrogen-bond acceptors (Lipinski definition) is 9. The Bertz CT molecular complexity index is 875. The van der Waals surface area contributed by atoms with Gasteiger partial charge in [0.1, 0.15) is 12.7 Å². The molecule has 0 rings (SSSR count). The summed E-state index contributed by atoms with van der Waals surface area (Å²) in [4.78, 5) is 34.9. The van der Waals surface area contributed by atoms with Crippen LogP contribution in [-0.2, 0) is 32.7 Å². The average molecular weight is 772 g/mol. The molecule has 1 radical (unpaired) electrons. The Labute approximate surface area is 339 Å². The van der Waals surface area contributed by atoms with Gasteiger partial charge in [-0.05, 0) is 38.5 Å². The smallest absolute Gasteiger partial charge is 0.462 e. The van der Waals surface area contributed by atoms with Gasteiger partial charge in [0.15, 0.2) is 6.10 Å². The molecule has 0 aliphatic heterocycles. The van der Waals surface area contributed by atoms with Crippen LogP contribution in [0.25, 0.3) is 0 Å². The van der Waals surface area contributed by atoms with Gasteiger partial charge in [0.2, 0.25) is 0 Å². The molecule has 0 saturated heterocycles. The molecule has 0 aromatic carbocycles. The van der Waals surface area contributed by atoms with Crippen LogP contribution in [0.4, 0.5) is 0 Å². The number of unbranched alkanes of at least 4 members (excludes halogenated alkanes) is 23. The van der Waals surface area contributed by atoms with Gasteiger partial charge in [-0.1, -0.05) is 154 Å². The van der Waals surface area contributed by atoms with Gasteiger partial charge in [0.25, 0.3) is 0 Å². The van der Waals surface area contributed by atoms with Gasteiger partial charge in [0, 0.05) is 42.4 Å². The monoisotopic (exact) mass is 772 g/mol. The Morgan fingerprint density at radius 1 is 0.577 bits per heavy atom. The van der Waals surface area contributed by atoms with Crippen molar-refractivity contribution in [3.8, 4) is 0 Å². The molecule has 3 N–H and O–H groups in total. The van der Waals surface area contributed by atoms with Gasteiger partial charge < -0.3 is 24.6 Å². The number of aliphatic hydroxyl groups is 2. The zero-order chi connectivity index (χ0) is 37.7. The second-order valence-electron chi connectivity index (χ2n) is 14.0. The Hall–Kier alpha value is -0.290. The minimum absolute atomic E-state index is 0. The Kier molecular flexibility index (Phi) is 41.8. The summed E-state index contributed by atoms with van der Waals surface area (Å²) in [7, 11) is -4.61. The molecule has 0 saturated carbocycles. The molecule has 0 aromatic heterocycles. The molecule has 0 aliphatic rings. The van der Waals surface area contributed by atoms with Crippen molar-refractivity contribution in [3.63, 3.8) is 0 Å². The number of phosphoric ester groups is 1. The summed E-state index contributed by atoms with van der Waals surface area (Å²) in [5.41, 5.74) is 0. The van der Waals surface area contributed by atoms with Crippen LogP contribution in [0.15, 0.2) is 12.2 Å². The number of aliphatic hydroxyl groups excluding tert-OH is 2. The Balaban J connectivity index is 0. The SMILES string of the molecule is CCCCCCCCC=CCCCCCCCC(=O)O[C@H](COC(=O)CCCCCCCCCCCCCCC)COP(=O)(O)OCC(O)CO.[Na]. The molecule has 0 aliphatic carbocycles. The van der Waals surface area contributed by atoms with Crippen LogP contribution in [-0.4, -0.2) is 95.2 Å². The summed E-state index contributed by atoms with van der Waals surface area (Å²) >= 11 is 0. The molecule has 303 valence electrons. The van der Waals surface area contributed by atoms with E-state index < -0.39 is 51.8 Å². The third-order valence-corrected chi connectivity index (χ3v) is 9.87. The van der Waals surface area contributed by atoms with Crippen LogP contribution in [0.3, 0.4) is 0 Å². The van der Waals surface area contributed by atoms with E-state index in [0.717, 1.165) is 57.8 Å². The predicted molar refractivity (Wildman–Crippen MR) is 211 cm³/mol. The predicted octanol–water partition coefficient (Wildman–Crippen LogP) is 10.1. The van der Waals surface area contributed by atoms with Crippen LogP contribution in [0, 0.1) is 0 Å². The fourth-order valence-electron chi connectivity index (χ4n) is 5.69. The molecular formula is C40H77NaO10P. The first-order valence-electron chi connectivity index (χ1n) is 20.6. The van der Waals surface area contributed by atoms with Crippen molar-refractivity contribution in [2.24, 2.45) is 0 Å². The summed E-state index contributed by atoms with van der Waals surface area (Å²) < 4.78 is 32.6. The van der Waals surface area contributed by atoms with Crippen LogP contribution in [0.1, 0.15) is 194 Å². The molecule has 0 aromatic rings. The first-order chi connectivity index (χ1) is 24.7. The fraction of sp³-hybridized carbons (Fsp3) is 0.900. The summed E-state index contributed by atoms with van der Waals surface area (Å²) in [6, 6.07) is 0. The van der Waals surface area contributed by atoms with Crippen LogP contribution >= 0.6 is 7.82 Å². The third kappa shape index (κ3) is 39.4. The third-order valence-electron chi connectivity index (χ3n) is 8.92. The van der Waals surface area contributed by atoms with Crippen molar-refractivity contribution < 1.29 is 47.8 Å². The molecular weight excluding hydrogens is 694 g/mol. The van der Waals surface area contributed by atoms with Crippen molar-refractivity contribution in [2.45, 2.75) is 206 Å². The van der Waals surface area contributed by atoms with Gasteiger partial charge in [-0.3, -0.25) is 18.6 Å². The summed E-state index contributed by atoms with van der Waals surface area (Å²) in [5, 5.41) is 18.3. The minimum atomic E-state index is -4.61. The van der Waals surface area contributed by atoms with E-state index in [1.165, 1.54) is 96.3 Å². The molecule has 0 bridgehead atoms. The molecule has 0 heterocycles. The standard InChI is InChI=1S/C40H77O10P.Na/c1-3-5-7-9-11-13-15-17-18-20-22-24-26-28-30-32-40(44)50-38(36-49-51(45,46)48-34-37(42)33-41)35-47-39(43)31-29-27-25-23-21-19-16-14-12-10-8-6-4-2;/h17-18,37-38,41-42H,3-16,19-36H2,1-2H3,(H,45,46);/t37?,38-;/m1./s1. The van der Waals surface area contributed by atoms with E-state index in [1.807, 2.05) is 0 Å². The maximum Gasteiger partial charge on any atom is 0.472 e. The first-order valence-corrected chi connectivity index (χ1v) is 22.1. The maximum absolute atomic E-state index is 12.6. The second-order valence-corrected chi connectivity index (χ2v) is 15.5. The number of hydrogen-bond donors (Lipinski definition) is 3. The molecule has 0 amide bonds. The van der Waals surface area contributed by atoms with Crippen molar-refractivity contribution in [1.29, 1.82) is 0 Å². The quantitative estimate of drug-likeness (QED) is 0.0181. The van der Waals surface area contributed by atoms with Crippen LogP contribution in [0.5, 0.6) is 0 Å². The van der Waals surface area contributed by atoms with E-state index in [0.29, 0.717) is 12.8 Å². The second kappa shape index (κ2) is 40.4. The number of carbonyl (C=O) groups excluding carboxylic acids is 2. The molecule has 3 atom stereocenters. The normalized spacial score (nSPS) is 13.8. The summed E-state index contributed by atoms with van der Waals surface area (Å²) in [6.45, 7) is 2.37. The van der Waals surface area contributed by atoms with Crippen molar-refractivity contribution in [1.82, 2.24) is 0 Å². The minimum Gasteiger partial charge on any atom is -0.462 e. The fourth-order valence-corrected chi connectivity index (χ4v) is 6.48. The Morgan fingerprint density at radius 3 is 1.40 bits per heavy atom. The van der Waals surface area contributed by atoms with E-state index in [4.69, 9.17) is 19.1 Å². The van der Waals surface area contributed by atoms with Crippen LogP contribution < -0.4 is 0 Å². The number of carbonyl (C=O) groups is 2. The summed E-state index contributed by atoms with van der Waals surface area (Å²) in [6.07, 6.45) is 33.2. The van der Waals surface area contributed by atoms with E-state index >= 15 is 0 Å². The Morgan fingerprint density at radius 2 is 0.962 bits per heavy atom. The molecule has 0 fully saturated rings. The topological polar surface area (TPSA) is 149 Å². The molecule has 12 heteroatoms.